The summed E-state index contributed by atoms with van der Waals surface area (Å²) in [5.41, 5.74) is 5.69. The number of nitro benzene ring substituents is 1. The molecular weight excluding hydrogens is 374 g/mol. The number of aromatic nitrogens is 1. The van der Waals surface area contributed by atoms with Crippen LogP contribution < -0.4 is 0 Å². The number of hydrogen-bond acceptors (Lipinski definition) is 3. The standard InChI is InChI=1S/C25H19N3O2/c1-18-6-10-20(11-7-18)21(15-26)14-22-17-27(25-5-3-2-4-24(22)25)16-19-8-12-23(13-9-19)28(29)30/h2-14,17H,16H2,1H3/b21-14-. The van der Waals surface area contributed by atoms with E-state index >= 15 is 0 Å². The van der Waals surface area contributed by atoms with Gasteiger partial charge in [-0.3, -0.25) is 10.1 Å². The van der Waals surface area contributed by atoms with Crippen LogP contribution in [0.2, 0.25) is 0 Å². The first-order valence-electron chi connectivity index (χ1n) is 9.55. The van der Waals surface area contributed by atoms with E-state index in [1.807, 2.05) is 67.7 Å². The fraction of sp³-hybridized carbons (Fsp3) is 0.0800. The molecule has 0 unspecified atom stereocenters. The third-order valence-corrected chi connectivity index (χ3v) is 5.10. The van der Waals surface area contributed by atoms with E-state index in [0.29, 0.717) is 12.1 Å². The predicted octanol–water partition coefficient (Wildman–Crippen LogP) is 5.97. The number of nitriles is 1. The van der Waals surface area contributed by atoms with Gasteiger partial charge in [0.15, 0.2) is 0 Å². The molecule has 0 atom stereocenters. The third kappa shape index (κ3) is 3.85. The minimum atomic E-state index is -0.397. The van der Waals surface area contributed by atoms with Crippen molar-refractivity contribution in [3.63, 3.8) is 0 Å². The van der Waals surface area contributed by atoms with Crippen molar-refractivity contribution in [3.8, 4) is 6.07 Å². The Morgan fingerprint density at radius 2 is 1.77 bits per heavy atom. The van der Waals surface area contributed by atoms with E-state index in [2.05, 4.69) is 10.6 Å². The van der Waals surface area contributed by atoms with Gasteiger partial charge in [0.05, 0.1) is 16.6 Å². The maximum atomic E-state index is 10.9. The van der Waals surface area contributed by atoms with Gasteiger partial charge in [-0.2, -0.15) is 5.26 Å². The lowest BCUT2D eigenvalue weighted by molar-refractivity contribution is -0.384. The zero-order valence-electron chi connectivity index (χ0n) is 16.4. The molecule has 3 aromatic carbocycles. The van der Waals surface area contributed by atoms with Crippen LogP contribution in [-0.2, 0) is 6.54 Å². The van der Waals surface area contributed by atoms with Crippen molar-refractivity contribution in [1.82, 2.24) is 4.57 Å². The second-order valence-corrected chi connectivity index (χ2v) is 7.19. The molecule has 0 amide bonds. The quantitative estimate of drug-likeness (QED) is 0.238. The molecule has 4 aromatic rings. The lowest BCUT2D eigenvalue weighted by atomic mass is 10.0. The van der Waals surface area contributed by atoms with E-state index in [4.69, 9.17) is 0 Å². The highest BCUT2D eigenvalue weighted by Gasteiger charge is 2.10. The van der Waals surface area contributed by atoms with Crippen molar-refractivity contribution in [2.24, 2.45) is 0 Å². The highest BCUT2D eigenvalue weighted by atomic mass is 16.6. The van der Waals surface area contributed by atoms with Gasteiger partial charge < -0.3 is 4.57 Å². The van der Waals surface area contributed by atoms with Crippen molar-refractivity contribution in [2.75, 3.05) is 0 Å². The molecule has 5 nitrogen and oxygen atoms in total. The fourth-order valence-electron chi connectivity index (χ4n) is 3.51. The number of nitrogens with zero attached hydrogens (tertiary/aromatic N) is 3. The Morgan fingerprint density at radius 1 is 1.07 bits per heavy atom. The Hall–Kier alpha value is -4.17. The summed E-state index contributed by atoms with van der Waals surface area (Å²) in [6.45, 7) is 2.60. The Balaban J connectivity index is 1.74. The summed E-state index contributed by atoms with van der Waals surface area (Å²) in [6.07, 6.45) is 3.94. The van der Waals surface area contributed by atoms with Gasteiger partial charge in [-0.1, -0.05) is 60.2 Å². The van der Waals surface area contributed by atoms with Gasteiger partial charge in [-0.25, -0.2) is 0 Å². The van der Waals surface area contributed by atoms with Gasteiger partial charge in [-0.15, -0.1) is 0 Å². The Labute approximate surface area is 174 Å². The molecule has 0 radical (unpaired) electrons. The second-order valence-electron chi connectivity index (χ2n) is 7.19. The van der Waals surface area contributed by atoms with Crippen molar-refractivity contribution < 1.29 is 4.92 Å². The third-order valence-electron chi connectivity index (χ3n) is 5.10. The number of non-ortho nitro benzene ring substituents is 1. The highest BCUT2D eigenvalue weighted by Crippen LogP contribution is 2.27. The number of benzene rings is 3. The van der Waals surface area contributed by atoms with E-state index in [1.54, 1.807) is 12.1 Å². The van der Waals surface area contributed by atoms with Crippen molar-refractivity contribution in [2.45, 2.75) is 13.5 Å². The normalized spacial score (nSPS) is 11.4. The molecule has 30 heavy (non-hydrogen) atoms. The van der Waals surface area contributed by atoms with Gasteiger partial charge in [0.25, 0.3) is 5.69 Å². The number of fused-ring (bicyclic) bond motifs is 1. The zero-order valence-corrected chi connectivity index (χ0v) is 16.4. The predicted molar refractivity (Wildman–Crippen MR) is 119 cm³/mol. The van der Waals surface area contributed by atoms with Crippen LogP contribution in [0.15, 0.2) is 79.0 Å². The summed E-state index contributed by atoms with van der Waals surface area (Å²) in [5.74, 6) is 0. The molecule has 4 rings (SSSR count). The van der Waals surface area contributed by atoms with Gasteiger partial charge in [-0.05, 0) is 30.2 Å². The number of hydrogen-bond donors (Lipinski definition) is 0. The van der Waals surface area contributed by atoms with Crippen molar-refractivity contribution in [1.29, 1.82) is 5.26 Å². The largest absolute Gasteiger partial charge is 0.342 e. The summed E-state index contributed by atoms with van der Waals surface area (Å²) in [4.78, 5) is 10.5. The monoisotopic (exact) mass is 393 g/mol. The molecule has 146 valence electrons. The van der Waals surface area contributed by atoms with E-state index < -0.39 is 4.92 Å². The number of nitro groups is 1. The molecule has 0 saturated carbocycles. The molecule has 1 heterocycles. The molecule has 0 spiro atoms. The molecule has 0 fully saturated rings. The Morgan fingerprint density at radius 3 is 2.43 bits per heavy atom. The van der Waals surface area contributed by atoms with Crippen LogP contribution in [0.4, 0.5) is 5.69 Å². The first-order chi connectivity index (χ1) is 14.5. The highest BCUT2D eigenvalue weighted by molar-refractivity contribution is 5.98. The number of rotatable bonds is 5. The molecule has 0 N–H and O–H groups in total. The van der Waals surface area contributed by atoms with E-state index in [9.17, 15) is 15.4 Å². The first kappa shape index (κ1) is 19.2. The molecule has 0 bridgehead atoms. The van der Waals surface area contributed by atoms with Crippen LogP contribution in [0.3, 0.4) is 0 Å². The number of aryl methyl sites for hydroxylation is 1. The topological polar surface area (TPSA) is 71.9 Å². The van der Waals surface area contributed by atoms with E-state index in [-0.39, 0.29) is 5.69 Å². The Kier molecular flexibility index (Phi) is 5.15. The molecule has 0 aliphatic rings. The fourth-order valence-corrected chi connectivity index (χ4v) is 3.51. The number of para-hydroxylation sites is 1. The zero-order chi connectivity index (χ0) is 21.1. The van der Waals surface area contributed by atoms with Gasteiger partial charge in [0, 0.05) is 41.3 Å². The lowest BCUT2D eigenvalue weighted by Crippen LogP contribution is -1.98. The van der Waals surface area contributed by atoms with Crippen LogP contribution in [-0.4, -0.2) is 9.49 Å². The summed E-state index contributed by atoms with van der Waals surface area (Å²) in [5, 5.41) is 21.7. The summed E-state index contributed by atoms with van der Waals surface area (Å²) >= 11 is 0. The van der Waals surface area contributed by atoms with E-state index in [0.717, 1.165) is 33.2 Å². The maximum absolute atomic E-state index is 10.9. The van der Waals surface area contributed by atoms with Gasteiger partial charge in [0.2, 0.25) is 0 Å². The van der Waals surface area contributed by atoms with Gasteiger partial charge in [0.1, 0.15) is 0 Å². The molecule has 0 aliphatic carbocycles. The summed E-state index contributed by atoms with van der Waals surface area (Å²) < 4.78 is 2.10. The average Bonchev–Trinajstić information content (AvgIpc) is 3.10. The van der Waals surface area contributed by atoms with Crippen molar-refractivity contribution >= 4 is 28.2 Å². The summed E-state index contributed by atoms with van der Waals surface area (Å²) in [7, 11) is 0. The van der Waals surface area contributed by atoms with Crippen LogP contribution in [0.25, 0.3) is 22.6 Å². The molecule has 5 heteroatoms. The number of allylic oxidation sites excluding steroid dienone is 1. The minimum Gasteiger partial charge on any atom is -0.342 e. The van der Waals surface area contributed by atoms with Crippen LogP contribution in [0.5, 0.6) is 0 Å². The van der Waals surface area contributed by atoms with Crippen molar-refractivity contribution in [3.05, 3.63) is 111 Å². The van der Waals surface area contributed by atoms with Crippen LogP contribution in [0, 0.1) is 28.4 Å². The van der Waals surface area contributed by atoms with E-state index in [1.165, 1.54) is 12.1 Å². The summed E-state index contributed by atoms with van der Waals surface area (Å²) in [6, 6.07) is 24.9. The average molecular weight is 393 g/mol. The Bertz CT molecular complexity index is 1290. The minimum absolute atomic E-state index is 0.0801. The molecule has 1 aromatic heterocycles. The maximum Gasteiger partial charge on any atom is 0.269 e. The molecule has 0 aliphatic heterocycles. The SMILES string of the molecule is Cc1ccc(/C(C#N)=C\c2cn(Cc3ccc([N+](=O)[O-])cc3)c3ccccc23)cc1. The van der Waals surface area contributed by atoms with Crippen LogP contribution >= 0.6 is 0 Å². The first-order valence-corrected chi connectivity index (χ1v) is 9.55. The molecular formula is C25H19N3O2. The van der Waals surface area contributed by atoms with Crippen LogP contribution in [0.1, 0.15) is 22.3 Å². The second kappa shape index (κ2) is 8.06. The van der Waals surface area contributed by atoms with Gasteiger partial charge >= 0.3 is 0 Å². The smallest absolute Gasteiger partial charge is 0.269 e. The molecule has 0 saturated heterocycles. The lowest BCUT2D eigenvalue weighted by Gasteiger charge is -2.05.